The van der Waals surface area contributed by atoms with Crippen LogP contribution in [0.1, 0.15) is 39.5 Å². The van der Waals surface area contributed by atoms with Crippen molar-refractivity contribution in [3.05, 3.63) is 0 Å². The van der Waals surface area contributed by atoms with Gasteiger partial charge in [0.25, 0.3) is 0 Å². The highest BCUT2D eigenvalue weighted by Crippen LogP contribution is 2.23. The monoisotopic (exact) mass is 413 g/mol. The zero-order chi connectivity index (χ0) is 14.1. The van der Waals surface area contributed by atoms with Crippen LogP contribution in [-0.4, -0.2) is 49.6 Å². The van der Waals surface area contributed by atoms with Gasteiger partial charge in [0, 0.05) is 26.7 Å². The maximum Gasteiger partial charge on any atom is 0.193 e. The highest BCUT2D eigenvalue weighted by atomic mass is 127. The van der Waals surface area contributed by atoms with Gasteiger partial charge in [0.05, 0.1) is 0 Å². The van der Waals surface area contributed by atoms with E-state index in [-0.39, 0.29) is 24.0 Å². The Labute approximate surface area is 146 Å². The highest BCUT2D eigenvalue weighted by molar-refractivity contribution is 14.0. The molecule has 1 rings (SSSR count). The second kappa shape index (κ2) is 12.0. The lowest BCUT2D eigenvalue weighted by Crippen LogP contribution is -2.40. The first-order chi connectivity index (χ1) is 9.17. The number of nitrogens with one attached hydrogen (secondary N) is 1. The van der Waals surface area contributed by atoms with E-state index in [0.717, 1.165) is 24.3 Å². The highest BCUT2D eigenvalue weighted by Gasteiger charge is 2.24. The van der Waals surface area contributed by atoms with Crippen molar-refractivity contribution in [2.45, 2.75) is 39.5 Å². The summed E-state index contributed by atoms with van der Waals surface area (Å²) in [7, 11) is 1.90. The molecule has 1 atom stereocenters. The van der Waals surface area contributed by atoms with E-state index >= 15 is 0 Å². The predicted octanol–water partition coefficient (Wildman–Crippen LogP) is 3.69. The van der Waals surface area contributed by atoms with Crippen molar-refractivity contribution < 1.29 is 0 Å². The van der Waals surface area contributed by atoms with Crippen LogP contribution in [-0.2, 0) is 0 Å². The maximum atomic E-state index is 4.43. The van der Waals surface area contributed by atoms with Crippen LogP contribution in [0, 0.1) is 11.8 Å². The Hall–Kier alpha value is 0.350. The minimum absolute atomic E-state index is 0. The molecule has 1 N–H and O–H groups in total. The summed E-state index contributed by atoms with van der Waals surface area (Å²) < 4.78 is 0. The van der Waals surface area contributed by atoms with E-state index in [0.29, 0.717) is 0 Å². The molecule has 0 bridgehead atoms. The van der Waals surface area contributed by atoms with Crippen LogP contribution in [0.5, 0.6) is 0 Å². The molecule has 120 valence electrons. The van der Waals surface area contributed by atoms with Crippen molar-refractivity contribution in [3.8, 4) is 0 Å². The van der Waals surface area contributed by atoms with Crippen LogP contribution in [0.2, 0.25) is 0 Å². The van der Waals surface area contributed by atoms with Gasteiger partial charge in [-0.3, -0.25) is 4.99 Å². The molecule has 1 unspecified atom stereocenters. The van der Waals surface area contributed by atoms with Gasteiger partial charge in [0.15, 0.2) is 5.96 Å². The Morgan fingerprint density at radius 3 is 2.75 bits per heavy atom. The fraction of sp³-hybridized carbons (Fsp3) is 0.933. The van der Waals surface area contributed by atoms with Gasteiger partial charge in [-0.05, 0) is 49.5 Å². The lowest BCUT2D eigenvalue weighted by Gasteiger charge is -2.22. The van der Waals surface area contributed by atoms with Gasteiger partial charge in [0.1, 0.15) is 0 Å². The van der Waals surface area contributed by atoms with E-state index in [4.69, 9.17) is 0 Å². The number of likely N-dealkylation sites (tertiary alicyclic amines) is 1. The summed E-state index contributed by atoms with van der Waals surface area (Å²) in [4.78, 5) is 6.86. The van der Waals surface area contributed by atoms with Crippen molar-refractivity contribution in [1.82, 2.24) is 10.2 Å². The largest absolute Gasteiger partial charge is 0.356 e. The Bertz CT molecular complexity index is 272. The quantitative estimate of drug-likeness (QED) is 0.299. The normalized spacial score (nSPS) is 19.4. The molecule has 5 heteroatoms. The molecule has 0 saturated carbocycles. The lowest BCUT2D eigenvalue weighted by atomic mass is 9.97. The van der Waals surface area contributed by atoms with Gasteiger partial charge in [-0.25, -0.2) is 0 Å². The molecule has 0 radical (unpaired) electrons. The number of hydrogen-bond acceptors (Lipinski definition) is 2. The standard InChI is InChI=1S/C15H31N3S.HI/c1-13(2)11-14-7-9-18(12-14)15(16-3)17-8-5-6-10-19-4;/h13-14H,5-12H2,1-4H3,(H,16,17);1H. The summed E-state index contributed by atoms with van der Waals surface area (Å²) in [6, 6.07) is 0. The van der Waals surface area contributed by atoms with Crippen LogP contribution in [0.15, 0.2) is 4.99 Å². The summed E-state index contributed by atoms with van der Waals surface area (Å²) in [6.07, 6.45) is 7.38. The van der Waals surface area contributed by atoms with Gasteiger partial charge >= 0.3 is 0 Å². The maximum absolute atomic E-state index is 4.43. The lowest BCUT2D eigenvalue weighted by molar-refractivity contribution is 0.403. The number of thioether (sulfide) groups is 1. The smallest absolute Gasteiger partial charge is 0.193 e. The second-order valence-corrected chi connectivity index (χ2v) is 6.89. The van der Waals surface area contributed by atoms with Gasteiger partial charge in [-0.1, -0.05) is 13.8 Å². The van der Waals surface area contributed by atoms with E-state index in [1.807, 2.05) is 18.8 Å². The third kappa shape index (κ3) is 7.96. The van der Waals surface area contributed by atoms with E-state index in [9.17, 15) is 0 Å². The van der Waals surface area contributed by atoms with Gasteiger partial charge < -0.3 is 10.2 Å². The third-order valence-corrected chi connectivity index (χ3v) is 4.36. The third-order valence-electron chi connectivity index (χ3n) is 3.66. The number of nitrogens with zero attached hydrogens (tertiary/aromatic N) is 2. The van der Waals surface area contributed by atoms with Crippen LogP contribution in [0.4, 0.5) is 0 Å². The Kier molecular flexibility index (Phi) is 12.2. The van der Waals surface area contributed by atoms with Gasteiger partial charge in [-0.2, -0.15) is 11.8 Å². The fourth-order valence-corrected chi connectivity index (χ4v) is 3.28. The molecular formula is C15H32IN3S. The summed E-state index contributed by atoms with van der Waals surface area (Å²) in [5.74, 6) is 4.04. The number of guanidine groups is 1. The summed E-state index contributed by atoms with van der Waals surface area (Å²) >= 11 is 1.93. The molecule has 0 aromatic heterocycles. The van der Waals surface area contributed by atoms with Crippen LogP contribution in [0.3, 0.4) is 0 Å². The first kappa shape index (κ1) is 20.3. The molecular weight excluding hydrogens is 381 g/mol. The SMILES string of the molecule is CN=C(NCCCCSC)N1CCC(CC(C)C)C1.I. The Morgan fingerprint density at radius 2 is 2.15 bits per heavy atom. The summed E-state index contributed by atoms with van der Waals surface area (Å²) in [6.45, 7) is 8.05. The number of halogens is 1. The average Bonchev–Trinajstić information content (AvgIpc) is 2.81. The first-order valence-corrected chi connectivity index (χ1v) is 9.01. The average molecular weight is 413 g/mol. The summed E-state index contributed by atoms with van der Waals surface area (Å²) in [5, 5.41) is 3.51. The molecule has 0 aromatic carbocycles. The molecule has 1 aliphatic rings. The molecule has 1 heterocycles. The van der Waals surface area contributed by atoms with E-state index in [1.165, 1.54) is 44.5 Å². The Morgan fingerprint density at radius 1 is 1.40 bits per heavy atom. The van der Waals surface area contributed by atoms with Crippen molar-refractivity contribution >= 4 is 41.7 Å². The van der Waals surface area contributed by atoms with Crippen LogP contribution in [0.25, 0.3) is 0 Å². The minimum Gasteiger partial charge on any atom is -0.356 e. The molecule has 1 saturated heterocycles. The fourth-order valence-electron chi connectivity index (χ4n) is 2.79. The predicted molar refractivity (Wildman–Crippen MR) is 104 cm³/mol. The number of rotatable bonds is 7. The van der Waals surface area contributed by atoms with Crippen LogP contribution < -0.4 is 5.32 Å². The number of hydrogen-bond donors (Lipinski definition) is 1. The van der Waals surface area contributed by atoms with Crippen molar-refractivity contribution in [2.75, 3.05) is 38.7 Å². The molecule has 1 aliphatic heterocycles. The van der Waals surface area contributed by atoms with Crippen molar-refractivity contribution in [2.24, 2.45) is 16.8 Å². The topological polar surface area (TPSA) is 27.6 Å². The number of unbranched alkanes of at least 4 members (excludes halogenated alkanes) is 1. The molecule has 3 nitrogen and oxygen atoms in total. The zero-order valence-corrected chi connectivity index (χ0v) is 16.7. The number of aliphatic imine (C=N–C) groups is 1. The van der Waals surface area contributed by atoms with Gasteiger partial charge in [-0.15, -0.1) is 24.0 Å². The minimum atomic E-state index is 0. The molecule has 1 fully saturated rings. The van der Waals surface area contributed by atoms with E-state index in [1.54, 1.807) is 0 Å². The summed E-state index contributed by atoms with van der Waals surface area (Å²) in [5.41, 5.74) is 0. The Balaban J connectivity index is 0.00000361. The van der Waals surface area contributed by atoms with Crippen LogP contribution >= 0.6 is 35.7 Å². The molecule has 0 spiro atoms. The van der Waals surface area contributed by atoms with Crippen molar-refractivity contribution in [1.29, 1.82) is 0 Å². The van der Waals surface area contributed by atoms with Gasteiger partial charge in [0.2, 0.25) is 0 Å². The van der Waals surface area contributed by atoms with Crippen molar-refractivity contribution in [3.63, 3.8) is 0 Å². The molecule has 20 heavy (non-hydrogen) atoms. The van der Waals surface area contributed by atoms with E-state index in [2.05, 4.69) is 35.3 Å². The zero-order valence-electron chi connectivity index (χ0n) is 13.5. The molecule has 0 aliphatic carbocycles. The first-order valence-electron chi connectivity index (χ1n) is 7.62. The second-order valence-electron chi connectivity index (χ2n) is 5.90. The molecule has 0 amide bonds. The van der Waals surface area contributed by atoms with E-state index < -0.39 is 0 Å². The molecule has 0 aromatic rings.